The van der Waals surface area contributed by atoms with Crippen molar-refractivity contribution in [1.29, 1.82) is 0 Å². The quantitative estimate of drug-likeness (QED) is 0.800. The smallest absolute Gasteiger partial charge is 0.258 e. The molecule has 3 rings (SSSR count). The Hall–Kier alpha value is -2.35. The van der Waals surface area contributed by atoms with Crippen LogP contribution in [-0.4, -0.2) is 17.4 Å². The van der Waals surface area contributed by atoms with Crippen LogP contribution in [-0.2, 0) is 0 Å². The van der Waals surface area contributed by atoms with Gasteiger partial charge in [0.25, 0.3) is 5.91 Å². The van der Waals surface area contributed by atoms with Crippen molar-refractivity contribution in [2.45, 2.75) is 20.3 Å². The van der Waals surface area contributed by atoms with Gasteiger partial charge in [-0.05, 0) is 30.0 Å². The molecule has 1 heterocycles. The summed E-state index contributed by atoms with van der Waals surface area (Å²) in [7, 11) is 0. The van der Waals surface area contributed by atoms with Crippen LogP contribution in [0.4, 0.5) is 0 Å². The summed E-state index contributed by atoms with van der Waals surface area (Å²) in [6.45, 7) is 5.15. The minimum absolute atomic E-state index is 0.124. The molecular weight excluding hydrogens is 270 g/mol. The zero-order valence-corrected chi connectivity index (χ0v) is 13.1. The van der Waals surface area contributed by atoms with Crippen molar-refractivity contribution in [2.24, 2.45) is 5.92 Å². The molecule has 112 valence electrons. The fourth-order valence-electron chi connectivity index (χ4n) is 2.77. The molecule has 2 aromatic rings. The predicted octanol–water partition coefficient (Wildman–Crippen LogP) is 4.69. The molecule has 0 fully saturated rings. The minimum Gasteiger partial charge on any atom is -0.308 e. The van der Waals surface area contributed by atoms with Gasteiger partial charge in [0.1, 0.15) is 0 Å². The van der Waals surface area contributed by atoms with Crippen LogP contribution >= 0.6 is 0 Å². The summed E-state index contributed by atoms with van der Waals surface area (Å²) in [4.78, 5) is 14.6. The highest BCUT2D eigenvalue weighted by Crippen LogP contribution is 2.34. The van der Waals surface area contributed by atoms with Gasteiger partial charge in [-0.15, -0.1) is 0 Å². The molecule has 2 nitrogen and oxygen atoms in total. The van der Waals surface area contributed by atoms with Crippen molar-refractivity contribution >= 4 is 17.7 Å². The van der Waals surface area contributed by atoms with E-state index in [1.54, 1.807) is 0 Å². The van der Waals surface area contributed by atoms with E-state index >= 15 is 0 Å². The first kappa shape index (κ1) is 14.6. The van der Waals surface area contributed by atoms with E-state index in [1.165, 1.54) is 0 Å². The lowest BCUT2D eigenvalue weighted by atomic mass is 10.1. The number of fused-ring (bicyclic) bond motifs is 1. The summed E-state index contributed by atoms with van der Waals surface area (Å²) in [5, 5.41) is 0. The standard InChI is InChI=1S/C20H21NO/c1-15(2)12-13-21-19(14-16-8-4-3-5-9-16)17-10-6-7-11-18(17)20(21)22/h3-11,14-15H,12-13H2,1-2H3/b19-14+. The molecule has 0 atom stereocenters. The van der Waals surface area contributed by atoms with Crippen LogP contribution < -0.4 is 0 Å². The van der Waals surface area contributed by atoms with E-state index in [0.717, 1.165) is 35.4 Å². The van der Waals surface area contributed by atoms with Crippen molar-refractivity contribution in [3.8, 4) is 0 Å². The second-order valence-corrected chi connectivity index (χ2v) is 6.13. The van der Waals surface area contributed by atoms with Gasteiger partial charge in [0, 0.05) is 17.7 Å². The van der Waals surface area contributed by atoms with Crippen molar-refractivity contribution in [1.82, 2.24) is 4.90 Å². The lowest BCUT2D eigenvalue weighted by Crippen LogP contribution is -2.25. The Morgan fingerprint density at radius 2 is 1.59 bits per heavy atom. The van der Waals surface area contributed by atoms with Crippen LogP contribution in [0.1, 0.15) is 41.8 Å². The van der Waals surface area contributed by atoms with Gasteiger partial charge in [-0.3, -0.25) is 4.79 Å². The zero-order chi connectivity index (χ0) is 15.5. The van der Waals surface area contributed by atoms with Crippen LogP contribution in [0.15, 0.2) is 54.6 Å². The topological polar surface area (TPSA) is 20.3 Å². The molecule has 0 saturated carbocycles. The minimum atomic E-state index is 0.124. The lowest BCUT2D eigenvalue weighted by Gasteiger charge is -2.19. The number of hydrogen-bond donors (Lipinski definition) is 0. The molecule has 0 aliphatic carbocycles. The Balaban J connectivity index is 2.02. The molecule has 0 saturated heterocycles. The summed E-state index contributed by atoms with van der Waals surface area (Å²) in [6.07, 6.45) is 3.12. The fraction of sp³-hybridized carbons (Fsp3) is 0.250. The number of carbonyl (C=O) groups excluding carboxylic acids is 1. The average molecular weight is 291 g/mol. The average Bonchev–Trinajstić information content (AvgIpc) is 2.79. The van der Waals surface area contributed by atoms with Crippen LogP contribution in [0.5, 0.6) is 0 Å². The Kier molecular flexibility index (Phi) is 4.10. The molecule has 1 aliphatic rings. The number of hydrogen-bond acceptors (Lipinski definition) is 1. The molecule has 0 radical (unpaired) electrons. The third kappa shape index (κ3) is 2.82. The highest BCUT2D eigenvalue weighted by Gasteiger charge is 2.31. The molecule has 2 heteroatoms. The summed E-state index contributed by atoms with van der Waals surface area (Å²) < 4.78 is 0. The molecule has 2 aromatic carbocycles. The summed E-state index contributed by atoms with van der Waals surface area (Å²) in [5.74, 6) is 0.702. The largest absolute Gasteiger partial charge is 0.308 e. The maximum atomic E-state index is 12.7. The summed E-state index contributed by atoms with van der Waals surface area (Å²) >= 11 is 0. The van der Waals surface area contributed by atoms with E-state index in [-0.39, 0.29) is 5.91 Å². The molecule has 0 N–H and O–H groups in total. The van der Waals surface area contributed by atoms with E-state index < -0.39 is 0 Å². The Bertz CT molecular complexity index is 701. The highest BCUT2D eigenvalue weighted by molar-refractivity contribution is 6.11. The van der Waals surface area contributed by atoms with Gasteiger partial charge in [0.2, 0.25) is 0 Å². The van der Waals surface area contributed by atoms with Crippen molar-refractivity contribution in [3.05, 3.63) is 71.3 Å². The summed E-state index contributed by atoms with van der Waals surface area (Å²) in [5.41, 5.74) is 4.00. The third-order valence-corrected chi connectivity index (χ3v) is 4.00. The molecular formula is C20H21NO. The molecule has 0 spiro atoms. The molecule has 0 bridgehead atoms. The molecule has 0 aromatic heterocycles. The fourth-order valence-corrected chi connectivity index (χ4v) is 2.77. The van der Waals surface area contributed by atoms with E-state index in [1.807, 2.05) is 47.4 Å². The number of carbonyl (C=O) groups is 1. The van der Waals surface area contributed by atoms with Gasteiger partial charge in [0.15, 0.2) is 0 Å². The SMILES string of the molecule is CC(C)CCN1C(=O)c2ccccc2/C1=C\c1ccccc1. The predicted molar refractivity (Wildman–Crippen MR) is 91.2 cm³/mol. The molecule has 1 amide bonds. The zero-order valence-electron chi connectivity index (χ0n) is 13.1. The number of nitrogens with zero attached hydrogens (tertiary/aromatic N) is 1. The highest BCUT2D eigenvalue weighted by atomic mass is 16.2. The normalized spacial score (nSPS) is 15.7. The lowest BCUT2D eigenvalue weighted by molar-refractivity contribution is 0.0846. The summed E-state index contributed by atoms with van der Waals surface area (Å²) in [6, 6.07) is 18.1. The van der Waals surface area contributed by atoms with Crippen LogP contribution in [0, 0.1) is 5.92 Å². The van der Waals surface area contributed by atoms with Crippen molar-refractivity contribution in [2.75, 3.05) is 6.54 Å². The Morgan fingerprint density at radius 3 is 2.27 bits per heavy atom. The third-order valence-electron chi connectivity index (χ3n) is 4.00. The van der Waals surface area contributed by atoms with E-state index in [2.05, 4.69) is 32.1 Å². The molecule has 1 aliphatic heterocycles. The van der Waals surface area contributed by atoms with Crippen LogP contribution in [0.3, 0.4) is 0 Å². The second kappa shape index (κ2) is 6.18. The van der Waals surface area contributed by atoms with E-state index in [9.17, 15) is 4.79 Å². The molecule has 22 heavy (non-hydrogen) atoms. The van der Waals surface area contributed by atoms with Crippen LogP contribution in [0.2, 0.25) is 0 Å². The number of rotatable bonds is 4. The Labute approximate surface area is 132 Å². The Morgan fingerprint density at radius 1 is 0.955 bits per heavy atom. The van der Waals surface area contributed by atoms with E-state index in [0.29, 0.717) is 5.92 Å². The maximum Gasteiger partial charge on any atom is 0.258 e. The molecule has 0 unspecified atom stereocenters. The second-order valence-electron chi connectivity index (χ2n) is 6.13. The monoisotopic (exact) mass is 291 g/mol. The van der Waals surface area contributed by atoms with Gasteiger partial charge in [0.05, 0.1) is 5.70 Å². The van der Waals surface area contributed by atoms with Gasteiger partial charge in [-0.1, -0.05) is 62.4 Å². The maximum absolute atomic E-state index is 12.7. The first-order chi connectivity index (χ1) is 10.7. The number of benzene rings is 2. The van der Waals surface area contributed by atoms with Gasteiger partial charge in [-0.2, -0.15) is 0 Å². The van der Waals surface area contributed by atoms with Crippen molar-refractivity contribution < 1.29 is 4.79 Å². The first-order valence-corrected chi connectivity index (χ1v) is 7.85. The van der Waals surface area contributed by atoms with Gasteiger partial charge >= 0.3 is 0 Å². The van der Waals surface area contributed by atoms with E-state index in [4.69, 9.17) is 0 Å². The van der Waals surface area contributed by atoms with Gasteiger partial charge < -0.3 is 4.90 Å². The van der Waals surface area contributed by atoms with Gasteiger partial charge in [-0.25, -0.2) is 0 Å². The van der Waals surface area contributed by atoms with Crippen LogP contribution in [0.25, 0.3) is 11.8 Å². The first-order valence-electron chi connectivity index (χ1n) is 7.85. The van der Waals surface area contributed by atoms with Crippen molar-refractivity contribution in [3.63, 3.8) is 0 Å². The number of amides is 1.